The molecule has 1 aliphatic carbocycles. The summed E-state index contributed by atoms with van der Waals surface area (Å²) in [5.74, 6) is -0.702. The fraction of sp³-hybridized carbons (Fsp3) is 1.00. The Bertz CT molecular complexity index is 256. The molecule has 2 aliphatic rings. The maximum atomic E-state index is 12.7. The summed E-state index contributed by atoms with van der Waals surface area (Å²) >= 11 is 0. The molecule has 0 amide bonds. The molecule has 1 saturated heterocycles. The molecule has 0 bridgehead atoms. The number of fused-ring (bicyclic) bond motifs is 1. The second kappa shape index (κ2) is 4.18. The van der Waals surface area contributed by atoms with Crippen LogP contribution in [0.5, 0.6) is 0 Å². The van der Waals surface area contributed by atoms with Gasteiger partial charge in [0.2, 0.25) is 0 Å². The third-order valence-corrected chi connectivity index (χ3v) is 4.07. The van der Waals surface area contributed by atoms with Gasteiger partial charge in [-0.25, -0.2) is 0 Å². The van der Waals surface area contributed by atoms with Crippen molar-refractivity contribution in [1.29, 1.82) is 0 Å². The van der Waals surface area contributed by atoms with Gasteiger partial charge in [0.05, 0.1) is 12.0 Å². The first kappa shape index (κ1) is 12.2. The molecule has 16 heavy (non-hydrogen) atoms. The normalized spacial score (nSPS) is 44.4. The molecule has 0 aromatic rings. The zero-order valence-electron chi connectivity index (χ0n) is 9.33. The van der Waals surface area contributed by atoms with Crippen LogP contribution < -0.4 is 5.73 Å². The second-order valence-corrected chi connectivity index (χ2v) is 5.13. The number of hydrogen-bond donors (Lipinski definition) is 1. The third-order valence-electron chi connectivity index (χ3n) is 4.07. The van der Waals surface area contributed by atoms with E-state index in [1.165, 1.54) is 0 Å². The van der Waals surface area contributed by atoms with Crippen LogP contribution in [0.1, 0.15) is 19.8 Å². The molecule has 2 fully saturated rings. The SMILES string of the molecule is C[C@H]1CO[C@H]2C[C@@H](C(F)(F)F)C[C@@H](CN)[C@H]21. The van der Waals surface area contributed by atoms with Gasteiger partial charge in [-0.15, -0.1) is 0 Å². The first-order chi connectivity index (χ1) is 7.43. The van der Waals surface area contributed by atoms with Gasteiger partial charge < -0.3 is 10.5 Å². The van der Waals surface area contributed by atoms with E-state index in [4.69, 9.17) is 10.5 Å². The molecule has 0 aromatic heterocycles. The van der Waals surface area contributed by atoms with Crippen molar-refractivity contribution >= 4 is 0 Å². The molecule has 0 aromatic carbocycles. The Hall–Kier alpha value is -0.290. The summed E-state index contributed by atoms with van der Waals surface area (Å²) in [5, 5.41) is 0. The fourth-order valence-corrected chi connectivity index (χ4v) is 3.28. The summed E-state index contributed by atoms with van der Waals surface area (Å²) in [6.45, 7) is 2.96. The van der Waals surface area contributed by atoms with E-state index < -0.39 is 12.1 Å². The summed E-state index contributed by atoms with van der Waals surface area (Å²) in [6.07, 6.45) is -4.04. The Balaban J connectivity index is 2.12. The van der Waals surface area contributed by atoms with E-state index >= 15 is 0 Å². The maximum absolute atomic E-state index is 12.7. The molecule has 2 nitrogen and oxygen atoms in total. The minimum atomic E-state index is -4.10. The Morgan fingerprint density at radius 2 is 2.00 bits per heavy atom. The van der Waals surface area contributed by atoms with Crippen molar-refractivity contribution in [1.82, 2.24) is 0 Å². The lowest BCUT2D eigenvalue weighted by Crippen LogP contribution is -2.43. The molecular weight excluding hydrogens is 219 g/mol. The lowest BCUT2D eigenvalue weighted by atomic mass is 9.69. The molecule has 2 rings (SSSR count). The molecule has 0 unspecified atom stereocenters. The molecule has 5 atom stereocenters. The van der Waals surface area contributed by atoms with Gasteiger partial charge in [-0.2, -0.15) is 13.2 Å². The highest BCUT2D eigenvalue weighted by atomic mass is 19.4. The van der Waals surface area contributed by atoms with Crippen LogP contribution >= 0.6 is 0 Å². The summed E-state index contributed by atoms with van der Waals surface area (Å²) in [5.41, 5.74) is 5.60. The average Bonchev–Trinajstić information content (AvgIpc) is 2.58. The number of nitrogens with two attached hydrogens (primary N) is 1. The number of alkyl halides is 3. The van der Waals surface area contributed by atoms with Gasteiger partial charge in [-0.1, -0.05) is 6.92 Å². The Morgan fingerprint density at radius 3 is 2.56 bits per heavy atom. The molecule has 5 heteroatoms. The second-order valence-electron chi connectivity index (χ2n) is 5.13. The van der Waals surface area contributed by atoms with Crippen LogP contribution in [-0.4, -0.2) is 25.4 Å². The lowest BCUT2D eigenvalue weighted by Gasteiger charge is -2.39. The van der Waals surface area contributed by atoms with E-state index in [9.17, 15) is 13.2 Å². The van der Waals surface area contributed by atoms with Crippen molar-refractivity contribution in [3.05, 3.63) is 0 Å². The minimum absolute atomic E-state index is 0.0390. The number of rotatable bonds is 1. The van der Waals surface area contributed by atoms with E-state index in [0.29, 0.717) is 19.1 Å². The number of ether oxygens (including phenoxy) is 1. The van der Waals surface area contributed by atoms with Crippen molar-refractivity contribution < 1.29 is 17.9 Å². The van der Waals surface area contributed by atoms with Crippen LogP contribution in [0.3, 0.4) is 0 Å². The Morgan fingerprint density at radius 1 is 1.31 bits per heavy atom. The van der Waals surface area contributed by atoms with Gasteiger partial charge in [-0.3, -0.25) is 0 Å². The largest absolute Gasteiger partial charge is 0.391 e. The Labute approximate surface area is 93.3 Å². The summed E-state index contributed by atoms with van der Waals surface area (Å²) < 4.78 is 43.6. The van der Waals surface area contributed by atoms with Crippen LogP contribution in [0.15, 0.2) is 0 Å². The van der Waals surface area contributed by atoms with Crippen molar-refractivity contribution in [3.8, 4) is 0 Å². The molecule has 2 N–H and O–H groups in total. The van der Waals surface area contributed by atoms with Gasteiger partial charge in [0.15, 0.2) is 0 Å². The van der Waals surface area contributed by atoms with Crippen LogP contribution in [0.25, 0.3) is 0 Å². The highest BCUT2D eigenvalue weighted by Gasteiger charge is 2.51. The summed E-state index contributed by atoms with van der Waals surface area (Å²) in [7, 11) is 0. The van der Waals surface area contributed by atoms with E-state index in [1.807, 2.05) is 6.92 Å². The summed E-state index contributed by atoms with van der Waals surface area (Å²) in [6, 6.07) is 0. The zero-order valence-corrected chi connectivity index (χ0v) is 9.33. The first-order valence-corrected chi connectivity index (χ1v) is 5.82. The monoisotopic (exact) mass is 237 g/mol. The number of halogens is 3. The topological polar surface area (TPSA) is 35.2 Å². The van der Waals surface area contributed by atoms with Gasteiger partial charge in [0.1, 0.15) is 0 Å². The molecule has 0 spiro atoms. The molecule has 1 aliphatic heterocycles. The lowest BCUT2D eigenvalue weighted by molar-refractivity contribution is -0.198. The number of hydrogen-bond acceptors (Lipinski definition) is 2. The van der Waals surface area contributed by atoms with Crippen molar-refractivity contribution in [2.45, 2.75) is 32.0 Å². The smallest absolute Gasteiger partial charge is 0.378 e. The predicted molar refractivity (Wildman–Crippen MR) is 53.7 cm³/mol. The van der Waals surface area contributed by atoms with Crippen molar-refractivity contribution in [2.75, 3.05) is 13.2 Å². The fourth-order valence-electron chi connectivity index (χ4n) is 3.28. The van der Waals surface area contributed by atoms with Gasteiger partial charge in [0, 0.05) is 6.61 Å². The van der Waals surface area contributed by atoms with Gasteiger partial charge in [-0.05, 0) is 37.1 Å². The highest BCUT2D eigenvalue weighted by molar-refractivity contribution is 4.95. The molecular formula is C11H18F3NO. The maximum Gasteiger partial charge on any atom is 0.391 e. The predicted octanol–water partition coefficient (Wildman–Crippen LogP) is 2.18. The zero-order chi connectivity index (χ0) is 11.9. The molecule has 94 valence electrons. The molecule has 0 radical (unpaired) electrons. The van der Waals surface area contributed by atoms with Crippen LogP contribution in [0, 0.1) is 23.7 Å². The molecule has 1 heterocycles. The standard InChI is InChI=1S/C11H18F3NO/c1-6-5-16-9-3-8(11(12,13)14)2-7(4-15)10(6)9/h6-10H,2-5,15H2,1H3/t6-,7-,8-,9-,10+/m0/s1. The minimum Gasteiger partial charge on any atom is -0.378 e. The van der Waals surface area contributed by atoms with Crippen LogP contribution in [0.4, 0.5) is 13.2 Å². The van der Waals surface area contributed by atoms with E-state index in [1.54, 1.807) is 0 Å². The van der Waals surface area contributed by atoms with Crippen LogP contribution in [-0.2, 0) is 4.74 Å². The Kier molecular flexibility index (Phi) is 3.18. The van der Waals surface area contributed by atoms with Crippen LogP contribution in [0.2, 0.25) is 0 Å². The van der Waals surface area contributed by atoms with Crippen molar-refractivity contribution in [3.63, 3.8) is 0 Å². The first-order valence-electron chi connectivity index (χ1n) is 5.82. The van der Waals surface area contributed by atoms with E-state index in [2.05, 4.69) is 0 Å². The highest BCUT2D eigenvalue weighted by Crippen LogP contribution is 2.48. The average molecular weight is 237 g/mol. The van der Waals surface area contributed by atoms with E-state index in [-0.39, 0.29) is 30.8 Å². The molecule has 1 saturated carbocycles. The summed E-state index contributed by atoms with van der Waals surface area (Å²) in [4.78, 5) is 0. The van der Waals surface area contributed by atoms with E-state index in [0.717, 1.165) is 0 Å². The van der Waals surface area contributed by atoms with Gasteiger partial charge in [0.25, 0.3) is 0 Å². The van der Waals surface area contributed by atoms with Crippen molar-refractivity contribution in [2.24, 2.45) is 29.4 Å². The van der Waals surface area contributed by atoms with Gasteiger partial charge >= 0.3 is 6.18 Å². The quantitative estimate of drug-likeness (QED) is 0.758. The third kappa shape index (κ3) is 2.07.